The highest BCUT2D eigenvalue weighted by molar-refractivity contribution is 5.82. The number of aromatic nitrogens is 1. The molecule has 2 aromatic carbocycles. The minimum atomic E-state index is -0.420. The topological polar surface area (TPSA) is 69.7 Å². The third kappa shape index (κ3) is 4.37. The van der Waals surface area contributed by atoms with Crippen LogP contribution in [0.3, 0.4) is 0 Å². The monoisotopic (exact) mass is 391 g/mol. The first-order valence-electron chi connectivity index (χ1n) is 9.43. The van der Waals surface area contributed by atoms with Crippen molar-refractivity contribution in [3.63, 3.8) is 0 Å². The van der Waals surface area contributed by atoms with E-state index in [2.05, 4.69) is 62.5 Å². The Morgan fingerprint density at radius 2 is 1.76 bits per heavy atom. The van der Waals surface area contributed by atoms with E-state index in [0.29, 0.717) is 5.56 Å². The van der Waals surface area contributed by atoms with Crippen molar-refractivity contribution in [3.05, 3.63) is 91.8 Å². The van der Waals surface area contributed by atoms with E-state index in [9.17, 15) is 10.1 Å². The molecule has 0 spiro atoms. The minimum Gasteiger partial charge on any atom is -0.391 e. The molecule has 0 radical (unpaired) electrons. The molecule has 0 saturated carbocycles. The Hall–Kier alpha value is -3.41. The molecule has 3 aromatic rings. The van der Waals surface area contributed by atoms with Crippen LogP contribution in [-0.4, -0.2) is 15.7 Å². The van der Waals surface area contributed by atoms with Crippen LogP contribution in [0, 0.1) is 44.7 Å². The molecular formula is C23H25N3O3. The van der Waals surface area contributed by atoms with Gasteiger partial charge in [-0.3, -0.25) is 10.1 Å². The van der Waals surface area contributed by atoms with Crippen molar-refractivity contribution < 1.29 is 9.76 Å². The Labute approximate surface area is 170 Å². The Balaban J connectivity index is 1.79. The lowest BCUT2D eigenvalue weighted by Gasteiger charge is -2.16. The molecule has 0 fully saturated rings. The van der Waals surface area contributed by atoms with Gasteiger partial charge in [-0.15, -0.1) is 0 Å². The largest absolute Gasteiger partial charge is 0.391 e. The van der Waals surface area contributed by atoms with Crippen molar-refractivity contribution in [2.24, 2.45) is 5.16 Å². The van der Waals surface area contributed by atoms with Gasteiger partial charge in [-0.1, -0.05) is 35.0 Å². The van der Waals surface area contributed by atoms with Crippen molar-refractivity contribution in [3.8, 4) is 5.69 Å². The fourth-order valence-corrected chi connectivity index (χ4v) is 3.75. The molecule has 0 bridgehead atoms. The SMILES string of the molecule is Cc1cc(C)c(-n2c(C)cc(/C=N\OCc3cccc([N+](=O)[O-])c3)c2C)c(C)c1. The summed E-state index contributed by atoms with van der Waals surface area (Å²) in [4.78, 5) is 15.8. The first-order valence-corrected chi connectivity index (χ1v) is 9.43. The van der Waals surface area contributed by atoms with E-state index in [1.54, 1.807) is 18.3 Å². The molecule has 0 unspecified atom stereocenters. The summed E-state index contributed by atoms with van der Waals surface area (Å²) in [6, 6.07) is 12.8. The fourth-order valence-electron chi connectivity index (χ4n) is 3.75. The van der Waals surface area contributed by atoms with E-state index >= 15 is 0 Å². The van der Waals surface area contributed by atoms with Gasteiger partial charge in [-0.05, 0) is 57.4 Å². The van der Waals surface area contributed by atoms with Crippen LogP contribution in [0.25, 0.3) is 5.69 Å². The summed E-state index contributed by atoms with van der Waals surface area (Å²) in [6.07, 6.45) is 1.69. The predicted octanol–water partition coefficient (Wildman–Crippen LogP) is 5.48. The van der Waals surface area contributed by atoms with Gasteiger partial charge in [-0.2, -0.15) is 0 Å². The molecule has 3 rings (SSSR count). The number of nitro benzene ring substituents is 1. The van der Waals surface area contributed by atoms with Gasteiger partial charge in [0.15, 0.2) is 0 Å². The predicted molar refractivity (Wildman–Crippen MR) is 115 cm³/mol. The third-order valence-electron chi connectivity index (χ3n) is 4.95. The number of nitro groups is 1. The van der Waals surface area contributed by atoms with Gasteiger partial charge in [0.2, 0.25) is 0 Å². The number of hydrogen-bond acceptors (Lipinski definition) is 4. The molecular weight excluding hydrogens is 366 g/mol. The van der Waals surface area contributed by atoms with E-state index in [4.69, 9.17) is 4.84 Å². The maximum absolute atomic E-state index is 10.9. The Morgan fingerprint density at radius 1 is 1.07 bits per heavy atom. The number of non-ortho nitro benzene ring substituents is 1. The summed E-state index contributed by atoms with van der Waals surface area (Å²) in [5.41, 5.74) is 8.84. The number of rotatable bonds is 6. The van der Waals surface area contributed by atoms with E-state index < -0.39 is 4.92 Å². The van der Waals surface area contributed by atoms with Gasteiger partial charge in [0.25, 0.3) is 5.69 Å². The number of oxime groups is 1. The van der Waals surface area contributed by atoms with Gasteiger partial charge < -0.3 is 9.40 Å². The van der Waals surface area contributed by atoms with E-state index in [1.807, 2.05) is 0 Å². The molecule has 150 valence electrons. The lowest BCUT2D eigenvalue weighted by atomic mass is 10.0. The number of nitrogens with zero attached hydrogens (tertiary/aromatic N) is 3. The zero-order valence-corrected chi connectivity index (χ0v) is 17.4. The highest BCUT2D eigenvalue weighted by Crippen LogP contribution is 2.26. The van der Waals surface area contributed by atoms with Crippen LogP contribution in [0.2, 0.25) is 0 Å². The maximum atomic E-state index is 10.9. The van der Waals surface area contributed by atoms with Crippen molar-refractivity contribution >= 4 is 11.9 Å². The summed E-state index contributed by atoms with van der Waals surface area (Å²) in [7, 11) is 0. The molecule has 29 heavy (non-hydrogen) atoms. The molecule has 0 atom stereocenters. The van der Waals surface area contributed by atoms with Crippen LogP contribution in [0.4, 0.5) is 5.69 Å². The molecule has 6 nitrogen and oxygen atoms in total. The van der Waals surface area contributed by atoms with Crippen molar-refractivity contribution in [1.29, 1.82) is 0 Å². The summed E-state index contributed by atoms with van der Waals surface area (Å²) < 4.78 is 2.24. The highest BCUT2D eigenvalue weighted by Gasteiger charge is 2.14. The van der Waals surface area contributed by atoms with Crippen LogP contribution in [0.15, 0.2) is 47.6 Å². The second kappa shape index (κ2) is 8.31. The first-order chi connectivity index (χ1) is 13.8. The summed E-state index contributed by atoms with van der Waals surface area (Å²) in [5, 5.41) is 14.9. The Bertz CT molecular complexity index is 1070. The smallest absolute Gasteiger partial charge is 0.269 e. The van der Waals surface area contributed by atoms with Crippen molar-refractivity contribution in [2.45, 2.75) is 41.2 Å². The summed E-state index contributed by atoms with van der Waals surface area (Å²) in [5.74, 6) is 0. The molecule has 0 N–H and O–H groups in total. The second-order valence-corrected chi connectivity index (χ2v) is 7.34. The van der Waals surface area contributed by atoms with Crippen LogP contribution < -0.4 is 0 Å². The van der Waals surface area contributed by atoms with Gasteiger partial charge in [-0.25, -0.2) is 0 Å². The molecule has 0 aliphatic carbocycles. The third-order valence-corrected chi connectivity index (χ3v) is 4.95. The quantitative estimate of drug-likeness (QED) is 0.317. The number of benzene rings is 2. The minimum absolute atomic E-state index is 0.0439. The van der Waals surface area contributed by atoms with Gasteiger partial charge in [0, 0.05) is 29.1 Å². The molecule has 0 amide bonds. The van der Waals surface area contributed by atoms with Gasteiger partial charge in [0.1, 0.15) is 6.61 Å². The molecule has 1 heterocycles. The molecule has 0 aliphatic heterocycles. The second-order valence-electron chi connectivity index (χ2n) is 7.34. The molecule has 0 aliphatic rings. The molecule has 0 saturated heterocycles. The van der Waals surface area contributed by atoms with Gasteiger partial charge in [0.05, 0.1) is 16.8 Å². The van der Waals surface area contributed by atoms with E-state index in [1.165, 1.54) is 34.5 Å². The molecule has 1 aromatic heterocycles. The van der Waals surface area contributed by atoms with Crippen LogP contribution in [0.1, 0.15) is 39.2 Å². The lowest BCUT2D eigenvalue weighted by molar-refractivity contribution is -0.384. The highest BCUT2D eigenvalue weighted by atomic mass is 16.6. The Kier molecular flexibility index (Phi) is 5.82. The summed E-state index contributed by atoms with van der Waals surface area (Å²) in [6.45, 7) is 10.7. The van der Waals surface area contributed by atoms with Gasteiger partial charge >= 0.3 is 0 Å². The average molecular weight is 391 g/mol. The number of hydrogen-bond donors (Lipinski definition) is 0. The van der Waals surface area contributed by atoms with Crippen LogP contribution in [-0.2, 0) is 11.4 Å². The first kappa shape index (κ1) is 20.3. The zero-order valence-electron chi connectivity index (χ0n) is 17.4. The van der Waals surface area contributed by atoms with Crippen LogP contribution >= 0.6 is 0 Å². The van der Waals surface area contributed by atoms with Crippen molar-refractivity contribution in [2.75, 3.05) is 0 Å². The van der Waals surface area contributed by atoms with E-state index in [0.717, 1.165) is 17.0 Å². The van der Waals surface area contributed by atoms with E-state index in [-0.39, 0.29) is 12.3 Å². The molecule has 6 heteroatoms. The zero-order chi connectivity index (χ0) is 21.1. The maximum Gasteiger partial charge on any atom is 0.269 e. The fraction of sp³-hybridized carbons (Fsp3) is 0.261. The number of aryl methyl sites for hydroxylation is 4. The lowest BCUT2D eigenvalue weighted by Crippen LogP contribution is -2.05. The van der Waals surface area contributed by atoms with Crippen molar-refractivity contribution in [1.82, 2.24) is 4.57 Å². The average Bonchev–Trinajstić information content (AvgIpc) is 2.92. The van der Waals surface area contributed by atoms with Crippen LogP contribution in [0.5, 0.6) is 0 Å². The normalized spacial score (nSPS) is 11.2. The summed E-state index contributed by atoms with van der Waals surface area (Å²) >= 11 is 0. The standard InChI is InChI=1S/C23H25N3O3/c1-15-9-16(2)23(17(3)10-15)25-18(4)11-21(19(25)5)13-24-29-14-20-7-6-8-22(12-20)26(27)28/h6-13H,14H2,1-5H3/b24-13-. The Morgan fingerprint density at radius 3 is 2.41 bits per heavy atom.